The molecule has 1 heterocycles. The summed E-state index contributed by atoms with van der Waals surface area (Å²) in [5, 5.41) is 3.81. The predicted octanol–water partition coefficient (Wildman–Crippen LogP) is 3.13. The average Bonchev–Trinajstić information content (AvgIpc) is 2.61. The number of nitrogens with zero attached hydrogens (tertiary/aromatic N) is 1. The van der Waals surface area contributed by atoms with Crippen LogP contribution in [0.4, 0.5) is 0 Å². The van der Waals surface area contributed by atoms with E-state index in [2.05, 4.69) is 49.3 Å². The Hall–Kier alpha value is -1.27. The van der Waals surface area contributed by atoms with E-state index in [1.54, 1.807) is 6.20 Å². The molecule has 1 unspecified atom stereocenters. The lowest BCUT2D eigenvalue weighted by atomic mass is 9.81. The Morgan fingerprint density at radius 3 is 2.88 bits per heavy atom. The Kier molecular flexibility index (Phi) is 2.55. The molecule has 0 N–H and O–H groups in total. The summed E-state index contributed by atoms with van der Waals surface area (Å²) in [6, 6.07) is 0. The van der Waals surface area contributed by atoms with Crippen LogP contribution in [0.5, 0.6) is 0 Å². The zero-order valence-electron chi connectivity index (χ0n) is 10.3. The van der Waals surface area contributed by atoms with E-state index in [9.17, 15) is 0 Å². The topological polar surface area (TPSA) is 26.0 Å². The van der Waals surface area contributed by atoms with Gasteiger partial charge in [-0.1, -0.05) is 36.8 Å². The summed E-state index contributed by atoms with van der Waals surface area (Å²) in [6.07, 6.45) is 6.82. The fourth-order valence-corrected chi connectivity index (χ4v) is 2.33. The lowest BCUT2D eigenvalue weighted by Gasteiger charge is -2.22. The van der Waals surface area contributed by atoms with Gasteiger partial charge in [0.2, 0.25) is 0 Å². The number of aromatic nitrogens is 1. The first-order valence-corrected chi connectivity index (χ1v) is 9.05. The maximum Gasteiger partial charge on any atom is 0.162 e. The number of hydrogen-bond donors (Lipinski definition) is 0. The minimum Gasteiger partial charge on any atom is -0.357 e. The molecule has 3 heteroatoms. The normalized spacial score (nSPS) is 23.5. The van der Waals surface area contributed by atoms with Crippen LogP contribution in [0.2, 0.25) is 19.6 Å². The first-order valence-electron chi connectivity index (χ1n) is 5.55. The highest BCUT2D eigenvalue weighted by atomic mass is 28.3. The van der Waals surface area contributed by atoms with E-state index in [0.29, 0.717) is 0 Å². The molecule has 0 bridgehead atoms. The predicted molar refractivity (Wildman–Crippen MR) is 68.5 cm³/mol. The molecule has 1 aliphatic rings. The maximum atomic E-state index is 5.12. The van der Waals surface area contributed by atoms with E-state index in [-0.39, 0.29) is 5.41 Å². The van der Waals surface area contributed by atoms with Crippen LogP contribution < -0.4 is 0 Å². The smallest absolute Gasteiger partial charge is 0.162 e. The van der Waals surface area contributed by atoms with Crippen molar-refractivity contribution in [1.82, 2.24) is 5.16 Å². The summed E-state index contributed by atoms with van der Waals surface area (Å²) >= 11 is 0. The number of allylic oxidation sites excluding steroid dienone is 1. The largest absolute Gasteiger partial charge is 0.357 e. The molecule has 0 fully saturated rings. The van der Waals surface area contributed by atoms with Crippen molar-refractivity contribution in [3.05, 3.63) is 23.6 Å². The molecule has 1 aliphatic carbocycles. The molecule has 0 aromatic carbocycles. The van der Waals surface area contributed by atoms with Crippen molar-refractivity contribution < 1.29 is 4.52 Å². The number of fused-ring (bicyclic) bond motifs is 1. The second kappa shape index (κ2) is 3.64. The molecular formula is C13H17NOSi. The molecule has 0 saturated heterocycles. The SMILES string of the molecule is CC1(C#C[Si](C)(C)C)C=Cc2oncc2C1. The van der Waals surface area contributed by atoms with Crippen LogP contribution in [-0.4, -0.2) is 13.2 Å². The molecule has 0 amide bonds. The number of hydrogen-bond acceptors (Lipinski definition) is 2. The fourth-order valence-electron chi connectivity index (χ4n) is 1.67. The Labute approximate surface area is 97.7 Å². The lowest BCUT2D eigenvalue weighted by Crippen LogP contribution is -2.21. The van der Waals surface area contributed by atoms with Crippen molar-refractivity contribution in [1.29, 1.82) is 0 Å². The van der Waals surface area contributed by atoms with Crippen molar-refractivity contribution in [2.75, 3.05) is 0 Å². The molecule has 0 spiro atoms. The molecule has 0 aliphatic heterocycles. The average molecular weight is 231 g/mol. The van der Waals surface area contributed by atoms with Crippen molar-refractivity contribution >= 4 is 14.1 Å². The lowest BCUT2D eigenvalue weighted by molar-refractivity contribution is 0.407. The molecule has 0 radical (unpaired) electrons. The molecule has 2 nitrogen and oxygen atoms in total. The molecule has 0 saturated carbocycles. The van der Waals surface area contributed by atoms with E-state index in [1.165, 1.54) is 0 Å². The van der Waals surface area contributed by atoms with Gasteiger partial charge < -0.3 is 4.52 Å². The minimum atomic E-state index is -1.30. The second-order valence-electron chi connectivity index (χ2n) is 5.64. The van der Waals surface area contributed by atoms with Gasteiger partial charge in [0, 0.05) is 5.56 Å². The summed E-state index contributed by atoms with van der Waals surface area (Å²) in [5.74, 6) is 4.31. The first kappa shape index (κ1) is 11.2. The Morgan fingerprint density at radius 1 is 1.44 bits per heavy atom. The Morgan fingerprint density at radius 2 is 2.19 bits per heavy atom. The first-order chi connectivity index (χ1) is 7.38. The summed E-state index contributed by atoms with van der Waals surface area (Å²) in [6.45, 7) is 8.97. The van der Waals surface area contributed by atoms with E-state index >= 15 is 0 Å². The van der Waals surface area contributed by atoms with Gasteiger partial charge in [0.15, 0.2) is 5.76 Å². The van der Waals surface area contributed by atoms with Gasteiger partial charge >= 0.3 is 0 Å². The van der Waals surface area contributed by atoms with Gasteiger partial charge in [-0.25, -0.2) is 0 Å². The van der Waals surface area contributed by atoms with Crippen LogP contribution in [0.15, 0.2) is 16.8 Å². The van der Waals surface area contributed by atoms with Crippen molar-refractivity contribution in [3.63, 3.8) is 0 Å². The Bertz CT molecular complexity index is 484. The van der Waals surface area contributed by atoms with Crippen LogP contribution >= 0.6 is 0 Å². The van der Waals surface area contributed by atoms with Crippen LogP contribution in [0, 0.1) is 16.9 Å². The third-order valence-corrected chi connectivity index (χ3v) is 3.43. The standard InChI is InChI=1S/C13H17NOSi/c1-13(7-8-16(2,3)4)6-5-12-11(9-13)10-14-15-12/h5-6,10H,9H2,1-4H3. The van der Waals surface area contributed by atoms with Gasteiger partial charge in [-0.3, -0.25) is 0 Å². The molecule has 84 valence electrons. The molecule has 2 rings (SSSR count). The third kappa shape index (κ3) is 2.45. The summed E-state index contributed by atoms with van der Waals surface area (Å²) in [4.78, 5) is 0. The second-order valence-corrected chi connectivity index (χ2v) is 10.4. The monoisotopic (exact) mass is 231 g/mol. The minimum absolute atomic E-state index is 0.0567. The molecule has 1 aromatic heterocycles. The van der Waals surface area contributed by atoms with Crippen LogP contribution in [-0.2, 0) is 6.42 Å². The zero-order chi connectivity index (χ0) is 11.8. The van der Waals surface area contributed by atoms with E-state index in [0.717, 1.165) is 17.7 Å². The van der Waals surface area contributed by atoms with Gasteiger partial charge in [0.25, 0.3) is 0 Å². The van der Waals surface area contributed by atoms with Crippen LogP contribution in [0.1, 0.15) is 18.2 Å². The quantitative estimate of drug-likeness (QED) is 0.506. The van der Waals surface area contributed by atoms with Gasteiger partial charge in [-0.15, -0.1) is 5.54 Å². The highest BCUT2D eigenvalue weighted by Gasteiger charge is 2.26. The van der Waals surface area contributed by atoms with E-state index < -0.39 is 8.07 Å². The summed E-state index contributed by atoms with van der Waals surface area (Å²) in [5.41, 5.74) is 4.55. The number of rotatable bonds is 0. The van der Waals surface area contributed by atoms with Gasteiger partial charge in [-0.05, 0) is 19.4 Å². The van der Waals surface area contributed by atoms with Gasteiger partial charge in [0.05, 0.1) is 11.6 Å². The van der Waals surface area contributed by atoms with Gasteiger partial charge in [0.1, 0.15) is 8.07 Å². The Balaban J connectivity index is 2.26. The van der Waals surface area contributed by atoms with E-state index in [4.69, 9.17) is 4.52 Å². The maximum absolute atomic E-state index is 5.12. The van der Waals surface area contributed by atoms with Crippen LogP contribution in [0.3, 0.4) is 0 Å². The molecule has 1 aromatic rings. The summed E-state index contributed by atoms with van der Waals surface area (Å²) in [7, 11) is -1.30. The molecular weight excluding hydrogens is 214 g/mol. The summed E-state index contributed by atoms with van der Waals surface area (Å²) < 4.78 is 5.12. The van der Waals surface area contributed by atoms with Crippen LogP contribution in [0.25, 0.3) is 6.08 Å². The zero-order valence-corrected chi connectivity index (χ0v) is 11.3. The van der Waals surface area contributed by atoms with Crippen molar-refractivity contribution in [3.8, 4) is 11.5 Å². The highest BCUT2D eigenvalue weighted by Crippen LogP contribution is 2.31. The molecule has 1 atom stereocenters. The van der Waals surface area contributed by atoms with E-state index in [1.807, 2.05) is 6.08 Å². The molecule has 16 heavy (non-hydrogen) atoms. The van der Waals surface area contributed by atoms with Crippen molar-refractivity contribution in [2.24, 2.45) is 5.41 Å². The van der Waals surface area contributed by atoms with Gasteiger partial charge in [-0.2, -0.15) is 0 Å². The van der Waals surface area contributed by atoms with Crippen molar-refractivity contribution in [2.45, 2.75) is 33.0 Å². The highest BCUT2D eigenvalue weighted by molar-refractivity contribution is 6.83. The fraction of sp³-hybridized carbons (Fsp3) is 0.462. The third-order valence-electron chi connectivity index (χ3n) is 2.56.